The Hall–Kier alpha value is -3.28. The molecule has 1 aliphatic carbocycles. The topological polar surface area (TPSA) is 97.0 Å². The summed E-state index contributed by atoms with van der Waals surface area (Å²) in [5, 5.41) is 26.3. The molecule has 2 aromatic heterocycles. The molecule has 3 heterocycles. The van der Waals surface area contributed by atoms with Crippen LogP contribution in [0.1, 0.15) is 25.7 Å². The summed E-state index contributed by atoms with van der Waals surface area (Å²) in [4.78, 5) is 2.03. The van der Waals surface area contributed by atoms with Crippen molar-refractivity contribution in [3.63, 3.8) is 0 Å². The van der Waals surface area contributed by atoms with Gasteiger partial charge in [-0.2, -0.15) is 4.52 Å². The van der Waals surface area contributed by atoms with Crippen molar-refractivity contribution in [3.8, 4) is 22.9 Å². The Balaban J connectivity index is 1.52. The molecule has 1 aromatic carbocycles. The molecule has 12 heteroatoms. The number of hydrogen-bond acceptors (Lipinski definition) is 8. The van der Waals surface area contributed by atoms with Gasteiger partial charge in [-0.3, -0.25) is 0 Å². The second-order valence-electron chi connectivity index (χ2n) is 8.69. The highest BCUT2D eigenvalue weighted by molar-refractivity contribution is 5.82. The zero-order chi connectivity index (χ0) is 23.9. The third kappa shape index (κ3) is 4.54. The van der Waals surface area contributed by atoms with Crippen LogP contribution >= 0.6 is 0 Å². The van der Waals surface area contributed by atoms with Gasteiger partial charge < -0.3 is 24.8 Å². The van der Waals surface area contributed by atoms with Crippen LogP contribution in [0.3, 0.4) is 0 Å². The van der Waals surface area contributed by atoms with Crippen LogP contribution in [0.2, 0.25) is 0 Å². The van der Waals surface area contributed by atoms with Gasteiger partial charge >= 0.3 is 6.36 Å². The van der Waals surface area contributed by atoms with E-state index in [-0.39, 0.29) is 17.7 Å². The Morgan fingerprint density at radius 2 is 2.00 bits per heavy atom. The zero-order valence-corrected chi connectivity index (χ0v) is 18.5. The molecule has 3 aromatic rings. The molecule has 5 rings (SSSR count). The van der Waals surface area contributed by atoms with E-state index >= 15 is 0 Å². The number of halogens is 3. The molecule has 9 nitrogen and oxygen atoms in total. The van der Waals surface area contributed by atoms with Crippen molar-refractivity contribution in [2.24, 2.45) is 5.92 Å². The smallest absolute Gasteiger partial charge is 0.486 e. The van der Waals surface area contributed by atoms with Crippen molar-refractivity contribution in [1.29, 1.82) is 0 Å². The van der Waals surface area contributed by atoms with Crippen molar-refractivity contribution in [2.45, 2.75) is 38.1 Å². The number of rotatable bonds is 5. The fourth-order valence-electron chi connectivity index (χ4n) is 4.48. The molecular formula is C22H25F3N6O3. The number of anilines is 2. The molecule has 0 unspecified atom stereocenters. The van der Waals surface area contributed by atoms with Gasteiger partial charge in [0.1, 0.15) is 18.0 Å². The molecule has 0 radical (unpaired) electrons. The minimum Gasteiger partial charge on any atom is -0.486 e. The molecule has 1 aliphatic heterocycles. The lowest BCUT2D eigenvalue weighted by molar-refractivity contribution is -0.274. The number of fused-ring (bicyclic) bond motifs is 3. The average molecular weight is 478 g/mol. The molecule has 34 heavy (non-hydrogen) atoms. The van der Waals surface area contributed by atoms with Gasteiger partial charge in [-0.1, -0.05) is 12.1 Å². The first-order valence-electron chi connectivity index (χ1n) is 11.2. The fraction of sp³-hybridized carbons (Fsp3) is 0.500. The van der Waals surface area contributed by atoms with Crippen molar-refractivity contribution < 1.29 is 27.8 Å². The summed E-state index contributed by atoms with van der Waals surface area (Å²) in [6.45, 7) is 1.81. The van der Waals surface area contributed by atoms with Crippen LogP contribution in [-0.4, -0.2) is 64.1 Å². The van der Waals surface area contributed by atoms with E-state index in [0.717, 1.165) is 31.4 Å². The van der Waals surface area contributed by atoms with E-state index in [1.54, 1.807) is 6.07 Å². The number of alkyl halides is 3. The molecule has 2 N–H and O–H groups in total. The number of ether oxygens (including phenoxy) is 2. The molecule has 0 spiro atoms. The van der Waals surface area contributed by atoms with Crippen molar-refractivity contribution >= 4 is 17.2 Å². The highest BCUT2D eigenvalue weighted by Gasteiger charge is 2.32. The summed E-state index contributed by atoms with van der Waals surface area (Å²) in [6, 6.07) is 5.55. The Kier molecular flexibility index (Phi) is 5.84. The lowest BCUT2D eigenvalue weighted by atomic mass is 9.87. The van der Waals surface area contributed by atoms with Crippen LogP contribution in [0.25, 0.3) is 17.0 Å². The number of benzene rings is 1. The predicted octanol–water partition coefficient (Wildman–Crippen LogP) is 3.48. The van der Waals surface area contributed by atoms with Gasteiger partial charge in [0.05, 0.1) is 12.6 Å². The minimum atomic E-state index is -4.80. The molecule has 182 valence electrons. The van der Waals surface area contributed by atoms with E-state index in [4.69, 9.17) is 9.84 Å². The van der Waals surface area contributed by atoms with Crippen molar-refractivity contribution in [3.05, 3.63) is 24.3 Å². The van der Waals surface area contributed by atoms with E-state index in [2.05, 4.69) is 20.3 Å². The maximum atomic E-state index is 12.7. The number of aliphatic hydroxyl groups excluding tert-OH is 1. The highest BCUT2D eigenvalue weighted by atomic mass is 19.4. The molecule has 1 saturated carbocycles. The van der Waals surface area contributed by atoms with E-state index in [1.165, 1.54) is 22.7 Å². The molecule has 0 saturated heterocycles. The number of aromatic nitrogens is 4. The quantitative estimate of drug-likeness (QED) is 0.576. The summed E-state index contributed by atoms with van der Waals surface area (Å²) in [5.41, 5.74) is 1.52. The monoisotopic (exact) mass is 478 g/mol. The van der Waals surface area contributed by atoms with E-state index in [0.29, 0.717) is 48.4 Å². The molecular weight excluding hydrogens is 453 g/mol. The largest absolute Gasteiger partial charge is 0.573 e. The Morgan fingerprint density at radius 3 is 2.76 bits per heavy atom. The molecule has 2 aliphatic rings. The number of nitrogens with one attached hydrogen (secondary N) is 1. The average Bonchev–Trinajstić information content (AvgIpc) is 3.22. The first-order chi connectivity index (χ1) is 16.3. The Morgan fingerprint density at radius 1 is 1.21 bits per heavy atom. The maximum Gasteiger partial charge on any atom is 0.573 e. The van der Waals surface area contributed by atoms with Crippen LogP contribution < -0.4 is 19.7 Å². The normalized spacial score (nSPS) is 20.7. The first-order valence-corrected chi connectivity index (χ1v) is 11.2. The number of aliphatic hydroxyl groups is 1. The Bertz CT molecular complexity index is 1180. The van der Waals surface area contributed by atoms with Crippen LogP contribution in [0.5, 0.6) is 11.5 Å². The standard InChI is InChI=1S/C22H25F3N6O3/c1-30-9-10-33-18-17(30)19(26-12-13-5-7-15(32)8-6-13)29-31-20(27-28-21(18)31)14-3-2-4-16(11-14)34-22(23,24)25/h2-4,11,13,15,32H,5-10,12H2,1H3,(H,26,29). The predicted molar refractivity (Wildman–Crippen MR) is 118 cm³/mol. The lowest BCUT2D eigenvalue weighted by Crippen LogP contribution is -2.31. The third-order valence-electron chi connectivity index (χ3n) is 6.24. The second-order valence-corrected chi connectivity index (χ2v) is 8.69. The van der Waals surface area contributed by atoms with Crippen LogP contribution in [0.4, 0.5) is 24.7 Å². The van der Waals surface area contributed by atoms with E-state index < -0.39 is 6.36 Å². The summed E-state index contributed by atoms with van der Waals surface area (Å²) < 4.78 is 49.6. The van der Waals surface area contributed by atoms with Crippen LogP contribution in [0.15, 0.2) is 24.3 Å². The number of likely N-dealkylation sites (N-methyl/N-ethyl adjacent to an activating group) is 1. The fourth-order valence-corrected chi connectivity index (χ4v) is 4.48. The third-order valence-corrected chi connectivity index (χ3v) is 6.24. The maximum absolute atomic E-state index is 12.7. The lowest BCUT2D eigenvalue weighted by Gasteiger charge is -2.30. The van der Waals surface area contributed by atoms with Gasteiger partial charge in [0.25, 0.3) is 0 Å². The second kappa shape index (κ2) is 8.82. The van der Waals surface area contributed by atoms with Gasteiger partial charge in [0.15, 0.2) is 17.4 Å². The van der Waals surface area contributed by atoms with Gasteiger partial charge in [-0.05, 0) is 43.7 Å². The van der Waals surface area contributed by atoms with Gasteiger partial charge in [0, 0.05) is 19.2 Å². The zero-order valence-electron chi connectivity index (χ0n) is 18.5. The first kappa shape index (κ1) is 22.5. The van der Waals surface area contributed by atoms with Gasteiger partial charge in [-0.25, -0.2) is 0 Å². The minimum absolute atomic E-state index is 0.227. The molecule has 0 amide bonds. The Labute approximate surface area is 193 Å². The SMILES string of the molecule is CN1CCOc2c1c(NCC1CCC(O)CC1)nn1c(-c3cccc(OC(F)(F)F)c3)nnc21. The number of nitrogens with zero attached hydrogens (tertiary/aromatic N) is 5. The van der Waals surface area contributed by atoms with Gasteiger partial charge in [0.2, 0.25) is 5.65 Å². The van der Waals surface area contributed by atoms with Crippen LogP contribution in [0, 0.1) is 5.92 Å². The summed E-state index contributed by atoms with van der Waals surface area (Å²) >= 11 is 0. The van der Waals surface area contributed by atoms with Crippen molar-refractivity contribution in [2.75, 3.05) is 37.0 Å². The van der Waals surface area contributed by atoms with E-state index in [9.17, 15) is 18.3 Å². The van der Waals surface area contributed by atoms with Crippen LogP contribution in [-0.2, 0) is 0 Å². The van der Waals surface area contributed by atoms with Gasteiger partial charge in [-0.15, -0.1) is 28.5 Å². The summed E-state index contributed by atoms with van der Waals surface area (Å²) in [5.74, 6) is 1.42. The summed E-state index contributed by atoms with van der Waals surface area (Å²) in [6.07, 6.45) is -1.61. The van der Waals surface area contributed by atoms with Crippen molar-refractivity contribution in [1.82, 2.24) is 19.8 Å². The highest BCUT2D eigenvalue weighted by Crippen LogP contribution is 2.40. The number of hydrogen-bond donors (Lipinski definition) is 2. The molecule has 0 bridgehead atoms. The summed E-state index contributed by atoms with van der Waals surface area (Å²) in [7, 11) is 1.94. The molecule has 1 fully saturated rings. The van der Waals surface area contributed by atoms with E-state index in [1.807, 2.05) is 11.9 Å². The molecule has 0 atom stereocenters.